The third kappa shape index (κ3) is 4.47. The lowest BCUT2D eigenvalue weighted by atomic mass is 10.2. The minimum absolute atomic E-state index is 0.143. The van der Waals surface area contributed by atoms with Crippen molar-refractivity contribution in [2.75, 3.05) is 6.61 Å². The fourth-order valence-electron chi connectivity index (χ4n) is 2.67. The predicted molar refractivity (Wildman–Crippen MR) is 112 cm³/mol. The van der Waals surface area contributed by atoms with Gasteiger partial charge in [0, 0.05) is 16.4 Å². The van der Waals surface area contributed by atoms with Gasteiger partial charge >= 0.3 is 5.97 Å². The summed E-state index contributed by atoms with van der Waals surface area (Å²) in [7, 11) is 0. The first-order valence-electron chi connectivity index (χ1n) is 8.83. The van der Waals surface area contributed by atoms with Crippen molar-refractivity contribution in [2.45, 2.75) is 13.8 Å². The number of aromatic nitrogens is 1. The molecule has 1 amide bonds. The monoisotopic (exact) mass is 447 g/mol. The minimum Gasteiger partial charge on any atom is -0.508 e. The van der Waals surface area contributed by atoms with Crippen LogP contribution in [0.1, 0.15) is 32.6 Å². The quantitative estimate of drug-likeness (QED) is 0.315. The summed E-state index contributed by atoms with van der Waals surface area (Å²) in [5.74, 6) is -1.71. The predicted octanol–water partition coefficient (Wildman–Crippen LogP) is 3.33. The van der Waals surface area contributed by atoms with Crippen LogP contribution >= 0.6 is 22.9 Å². The van der Waals surface area contributed by atoms with E-state index >= 15 is 0 Å². The molecular formula is C20H18ClN3O5S. The number of nitrogens with one attached hydrogen (secondary N) is 1. The van der Waals surface area contributed by atoms with Crippen LogP contribution in [-0.4, -0.2) is 33.3 Å². The van der Waals surface area contributed by atoms with E-state index < -0.39 is 11.9 Å². The molecule has 0 fully saturated rings. The molecule has 8 nitrogen and oxygen atoms in total. The van der Waals surface area contributed by atoms with Gasteiger partial charge in [0.05, 0.1) is 12.2 Å². The van der Waals surface area contributed by atoms with E-state index in [0.29, 0.717) is 26.1 Å². The van der Waals surface area contributed by atoms with Gasteiger partial charge in [-0.25, -0.2) is 10.2 Å². The number of nitrogens with zero attached hydrogens (tertiary/aromatic N) is 2. The summed E-state index contributed by atoms with van der Waals surface area (Å²) < 4.78 is 6.78. The number of benzene rings is 2. The van der Waals surface area contributed by atoms with Gasteiger partial charge in [-0.15, -0.1) is 5.10 Å². The van der Waals surface area contributed by atoms with E-state index in [1.165, 1.54) is 12.1 Å². The molecule has 30 heavy (non-hydrogen) atoms. The number of hydrogen-bond acceptors (Lipinski definition) is 7. The van der Waals surface area contributed by atoms with Crippen LogP contribution in [0.15, 0.2) is 47.6 Å². The molecule has 3 N–H and O–H groups in total. The number of halogens is 1. The molecule has 0 aliphatic rings. The molecule has 3 rings (SSSR count). The first kappa shape index (κ1) is 21.4. The molecule has 0 saturated carbocycles. The van der Waals surface area contributed by atoms with Gasteiger partial charge < -0.3 is 14.9 Å². The molecule has 156 valence electrons. The molecule has 1 aromatic heterocycles. The second-order valence-electron chi connectivity index (χ2n) is 6.09. The van der Waals surface area contributed by atoms with Crippen molar-refractivity contribution < 1.29 is 24.5 Å². The van der Waals surface area contributed by atoms with Gasteiger partial charge in [-0.3, -0.25) is 9.36 Å². The zero-order valence-corrected chi connectivity index (χ0v) is 17.6. The molecule has 0 atom stereocenters. The van der Waals surface area contributed by atoms with E-state index in [1.54, 1.807) is 42.7 Å². The van der Waals surface area contributed by atoms with Crippen molar-refractivity contribution in [2.24, 2.45) is 5.10 Å². The number of esters is 1. The maximum atomic E-state index is 12.4. The average Bonchev–Trinajstić information content (AvgIpc) is 3.05. The zero-order chi connectivity index (χ0) is 21.8. The highest BCUT2D eigenvalue weighted by molar-refractivity contribution is 7.11. The number of ether oxygens (including phenoxy) is 1. The number of phenolic OH excluding ortho intramolecular Hbond substituents is 2. The van der Waals surface area contributed by atoms with Gasteiger partial charge in [0.25, 0.3) is 5.91 Å². The lowest BCUT2D eigenvalue weighted by Crippen LogP contribution is -2.24. The summed E-state index contributed by atoms with van der Waals surface area (Å²) in [6.07, 6.45) is 0. The Kier molecular flexibility index (Phi) is 6.43. The topological polar surface area (TPSA) is 113 Å². The van der Waals surface area contributed by atoms with Crippen LogP contribution in [0.5, 0.6) is 11.5 Å². The highest BCUT2D eigenvalue weighted by Gasteiger charge is 2.19. The summed E-state index contributed by atoms with van der Waals surface area (Å²) in [5.41, 5.74) is 3.46. The molecule has 0 spiro atoms. The maximum Gasteiger partial charge on any atom is 0.350 e. The first-order valence-corrected chi connectivity index (χ1v) is 10.0. The van der Waals surface area contributed by atoms with Gasteiger partial charge in [-0.2, -0.15) is 0 Å². The lowest BCUT2D eigenvalue weighted by Gasteiger charge is -2.07. The van der Waals surface area contributed by atoms with E-state index in [9.17, 15) is 19.8 Å². The van der Waals surface area contributed by atoms with Gasteiger partial charge in [0.1, 0.15) is 16.4 Å². The first-order chi connectivity index (χ1) is 14.3. The fraction of sp³-hybridized carbons (Fsp3) is 0.150. The lowest BCUT2D eigenvalue weighted by molar-refractivity contribution is 0.0530. The fourth-order valence-corrected chi connectivity index (χ4v) is 3.79. The maximum absolute atomic E-state index is 12.4. The summed E-state index contributed by atoms with van der Waals surface area (Å²) in [6, 6.07) is 10.5. The molecule has 1 heterocycles. The Morgan fingerprint density at radius 3 is 2.57 bits per heavy atom. The van der Waals surface area contributed by atoms with Crippen molar-refractivity contribution in [1.29, 1.82) is 0 Å². The van der Waals surface area contributed by atoms with E-state index in [4.69, 9.17) is 16.3 Å². The Hall–Kier alpha value is -3.30. The molecule has 0 saturated heterocycles. The minimum atomic E-state index is -0.727. The Bertz CT molecular complexity index is 1170. The third-order valence-electron chi connectivity index (χ3n) is 4.07. The van der Waals surface area contributed by atoms with Gasteiger partial charge in [-0.1, -0.05) is 22.9 Å². The molecule has 0 aliphatic heterocycles. The van der Waals surface area contributed by atoms with Gasteiger partial charge in [0.15, 0.2) is 0 Å². The highest BCUT2D eigenvalue weighted by atomic mass is 35.5. The summed E-state index contributed by atoms with van der Waals surface area (Å²) in [5, 5.41) is 24.1. The Morgan fingerprint density at radius 2 is 1.90 bits per heavy atom. The molecule has 2 aromatic carbocycles. The Morgan fingerprint density at radius 1 is 1.20 bits per heavy atom. The van der Waals surface area contributed by atoms with Crippen LogP contribution in [0, 0.1) is 6.92 Å². The number of thiazole rings is 1. The summed E-state index contributed by atoms with van der Waals surface area (Å²) >= 11 is 7.01. The second kappa shape index (κ2) is 9.02. The van der Waals surface area contributed by atoms with Crippen LogP contribution < -0.4 is 10.2 Å². The number of amides is 1. The molecule has 10 heteroatoms. The largest absolute Gasteiger partial charge is 0.508 e. The number of hydrogen-bond donors (Lipinski definition) is 3. The van der Waals surface area contributed by atoms with Gasteiger partial charge in [-0.05, 0) is 56.3 Å². The standard InChI is InChI=1S/C20H18ClN3O5S/c1-3-29-19(28)17-11(2)24(13-6-4-12(21)5-7-13)20(30-17)23-22-18(27)15-10-14(25)8-9-16(15)26/h4-10,25-26H,3H2,1-2H3,(H,22,27)/b23-20+. The average molecular weight is 448 g/mol. The number of carbonyl (C=O) groups is 2. The van der Waals surface area contributed by atoms with Crippen LogP contribution in [0.3, 0.4) is 0 Å². The van der Waals surface area contributed by atoms with Crippen LogP contribution in [0.2, 0.25) is 5.02 Å². The molecule has 0 unspecified atom stereocenters. The summed E-state index contributed by atoms with van der Waals surface area (Å²) in [6.45, 7) is 3.66. The number of aromatic hydroxyl groups is 2. The van der Waals surface area contributed by atoms with Crippen molar-refractivity contribution >= 4 is 34.8 Å². The smallest absolute Gasteiger partial charge is 0.350 e. The number of carbonyl (C=O) groups excluding carboxylic acids is 2. The molecular weight excluding hydrogens is 430 g/mol. The molecule has 3 aromatic rings. The Balaban J connectivity index is 2.06. The number of rotatable bonds is 5. The summed E-state index contributed by atoms with van der Waals surface area (Å²) in [4.78, 5) is 25.4. The van der Waals surface area contributed by atoms with E-state index in [1.807, 2.05) is 0 Å². The third-order valence-corrected chi connectivity index (χ3v) is 5.45. The van der Waals surface area contributed by atoms with E-state index in [0.717, 1.165) is 17.4 Å². The normalized spacial score (nSPS) is 11.4. The van der Waals surface area contributed by atoms with Crippen molar-refractivity contribution in [3.63, 3.8) is 0 Å². The molecule has 0 aliphatic carbocycles. The van der Waals surface area contributed by atoms with Crippen molar-refractivity contribution in [3.8, 4) is 17.2 Å². The number of phenols is 2. The SMILES string of the molecule is CCOC(=O)c1s/c(=N/NC(=O)c2cc(O)ccc2O)n(-c2ccc(Cl)cc2)c1C. The second-order valence-corrected chi connectivity index (χ2v) is 7.50. The van der Waals surface area contributed by atoms with Crippen LogP contribution in [0.4, 0.5) is 0 Å². The van der Waals surface area contributed by atoms with Gasteiger partial charge in [0.2, 0.25) is 4.80 Å². The zero-order valence-electron chi connectivity index (χ0n) is 16.0. The van der Waals surface area contributed by atoms with E-state index in [2.05, 4.69) is 10.5 Å². The molecule has 0 bridgehead atoms. The van der Waals surface area contributed by atoms with E-state index in [-0.39, 0.29) is 23.7 Å². The van der Waals surface area contributed by atoms with Crippen LogP contribution in [0.25, 0.3) is 5.69 Å². The highest BCUT2D eigenvalue weighted by Crippen LogP contribution is 2.22. The van der Waals surface area contributed by atoms with Crippen molar-refractivity contribution in [3.05, 3.63) is 68.4 Å². The molecule has 0 radical (unpaired) electrons. The van der Waals surface area contributed by atoms with Crippen LogP contribution in [-0.2, 0) is 4.74 Å². The Labute approximate surface area is 180 Å². The van der Waals surface area contributed by atoms with Crippen molar-refractivity contribution in [1.82, 2.24) is 9.99 Å².